The first-order valence-electron chi connectivity index (χ1n) is 13.9. The van der Waals surface area contributed by atoms with Crippen molar-refractivity contribution >= 4 is 6.54 Å². The number of benzene rings is 6. The van der Waals surface area contributed by atoms with Crippen molar-refractivity contribution < 1.29 is 45.1 Å². The molecule has 0 unspecified atom stereocenters. The molecule has 0 saturated heterocycles. The summed E-state index contributed by atoms with van der Waals surface area (Å²) in [4.78, 5) is 0. The van der Waals surface area contributed by atoms with Gasteiger partial charge in [0.25, 0.3) is 0 Å². The summed E-state index contributed by atoms with van der Waals surface area (Å²) in [5, 5.41) is 0. The van der Waals surface area contributed by atoms with Crippen molar-refractivity contribution in [2.75, 3.05) is 0 Å². The fraction of sp³-hybridized carbons (Fsp3) is 0.0526. The third kappa shape index (κ3) is 4.05. The Morgan fingerprint density at radius 3 is 0.829 bits per heavy atom. The van der Waals surface area contributed by atoms with Crippen LogP contribution in [0.1, 0.15) is 29.5 Å². The molecule has 41 heavy (non-hydrogen) atoms. The first kappa shape index (κ1) is 27.9. The summed E-state index contributed by atoms with van der Waals surface area (Å²) in [6, 6.07) is 60.1. The molecular formula is C38H28Cl2Zr. The Hall–Kier alpha value is -3.22. The van der Waals surface area contributed by atoms with Gasteiger partial charge in [0, 0.05) is 0 Å². The van der Waals surface area contributed by atoms with Gasteiger partial charge < -0.3 is 24.8 Å². The molecule has 198 valence electrons. The normalized spacial score (nSPS) is 12.9. The average molecular weight is 647 g/mol. The molecule has 0 aromatic heterocycles. The van der Waals surface area contributed by atoms with Gasteiger partial charge in [0.2, 0.25) is 0 Å². The molecule has 0 amide bonds. The molecule has 6 aromatic carbocycles. The van der Waals surface area contributed by atoms with E-state index in [1.807, 2.05) is 0 Å². The van der Waals surface area contributed by atoms with E-state index in [1.165, 1.54) is 44.5 Å². The van der Waals surface area contributed by atoms with Gasteiger partial charge in [-0.05, 0) is 0 Å². The Balaban J connectivity index is 0.00000151. The SMILES string of the molecule is [Cl-].[Cl-].c1cc[c]([Zr+2]([c]2ccccc2)([CH]2c3ccccc3-c3ccccc32)[CH]2c3ccccc3-c3ccccc32)cc1. The number of hydrogen-bond donors (Lipinski definition) is 0. The van der Waals surface area contributed by atoms with Crippen LogP contribution >= 0.6 is 0 Å². The molecule has 0 fully saturated rings. The molecule has 8 rings (SSSR count). The predicted octanol–water partition coefficient (Wildman–Crippen LogP) is 2.34. The summed E-state index contributed by atoms with van der Waals surface area (Å²) in [5.74, 6) is 0. The molecule has 6 aromatic rings. The molecule has 0 heterocycles. The molecule has 0 aliphatic heterocycles. The van der Waals surface area contributed by atoms with Crippen molar-refractivity contribution in [3.63, 3.8) is 0 Å². The van der Waals surface area contributed by atoms with E-state index in [4.69, 9.17) is 0 Å². The zero-order valence-electron chi connectivity index (χ0n) is 22.4. The van der Waals surface area contributed by atoms with Crippen molar-refractivity contribution in [1.29, 1.82) is 0 Å². The summed E-state index contributed by atoms with van der Waals surface area (Å²) >= 11 is -3.87. The van der Waals surface area contributed by atoms with E-state index in [0.717, 1.165) is 0 Å². The molecule has 0 saturated carbocycles. The standard InChI is InChI=1S/2C13H9.2C6H5.2ClH.Zr/c2*1-3-7-12-10(5-1)9-11-6-2-4-8-13(11)12;2*1-2-4-6-5-3-1;;;/h2*1-9H;2*1-5H;2*1H;/q;;;;;;+2/p-2. The van der Waals surface area contributed by atoms with Crippen LogP contribution in [0.25, 0.3) is 22.3 Å². The topological polar surface area (TPSA) is 0 Å². The zero-order valence-corrected chi connectivity index (χ0v) is 26.4. The predicted molar refractivity (Wildman–Crippen MR) is 160 cm³/mol. The quantitative estimate of drug-likeness (QED) is 0.276. The van der Waals surface area contributed by atoms with Gasteiger partial charge in [0.05, 0.1) is 0 Å². The minimum atomic E-state index is -3.87. The number of halogens is 2. The Morgan fingerprint density at radius 1 is 0.293 bits per heavy atom. The van der Waals surface area contributed by atoms with Gasteiger partial charge in [-0.25, -0.2) is 0 Å². The molecule has 2 aliphatic carbocycles. The average Bonchev–Trinajstić information content (AvgIpc) is 3.53. The van der Waals surface area contributed by atoms with Crippen LogP contribution in [0, 0.1) is 0 Å². The van der Waals surface area contributed by atoms with Gasteiger partial charge in [0.1, 0.15) is 0 Å². The van der Waals surface area contributed by atoms with Crippen LogP contribution < -0.4 is 31.4 Å². The molecule has 0 spiro atoms. The van der Waals surface area contributed by atoms with Crippen molar-refractivity contribution in [2.45, 2.75) is 7.25 Å². The Morgan fingerprint density at radius 2 is 0.537 bits per heavy atom. The second kappa shape index (κ2) is 11.2. The summed E-state index contributed by atoms with van der Waals surface area (Å²) in [6.45, 7) is 0. The van der Waals surface area contributed by atoms with Gasteiger partial charge in [-0.15, -0.1) is 0 Å². The second-order valence-corrected chi connectivity index (χ2v) is 20.8. The maximum absolute atomic E-state index is 3.87. The van der Waals surface area contributed by atoms with Crippen molar-refractivity contribution in [1.82, 2.24) is 0 Å². The van der Waals surface area contributed by atoms with Crippen LogP contribution in [-0.2, 0) is 20.3 Å². The first-order chi connectivity index (χ1) is 19.4. The molecule has 0 radical (unpaired) electrons. The van der Waals surface area contributed by atoms with Crippen LogP contribution in [-0.4, -0.2) is 0 Å². The number of hydrogen-bond acceptors (Lipinski definition) is 0. The Kier molecular flexibility index (Phi) is 7.64. The van der Waals surface area contributed by atoms with Crippen LogP contribution in [0.15, 0.2) is 158 Å². The molecule has 0 atom stereocenters. The summed E-state index contributed by atoms with van der Waals surface area (Å²) in [6.07, 6.45) is 0. The molecular weight excluding hydrogens is 619 g/mol. The van der Waals surface area contributed by atoms with Gasteiger partial charge in [-0.3, -0.25) is 0 Å². The minimum absolute atomic E-state index is 0. The molecule has 2 aliphatic rings. The fourth-order valence-electron chi connectivity index (χ4n) is 7.72. The van der Waals surface area contributed by atoms with Gasteiger partial charge in [0.15, 0.2) is 0 Å². The molecule has 0 nitrogen and oxygen atoms in total. The van der Waals surface area contributed by atoms with E-state index < -0.39 is 20.3 Å². The van der Waals surface area contributed by atoms with Crippen molar-refractivity contribution in [2.24, 2.45) is 0 Å². The van der Waals surface area contributed by atoms with E-state index in [0.29, 0.717) is 7.25 Å². The van der Waals surface area contributed by atoms with E-state index in [-0.39, 0.29) is 24.8 Å². The molecule has 0 bridgehead atoms. The van der Waals surface area contributed by atoms with E-state index >= 15 is 0 Å². The third-order valence-corrected chi connectivity index (χ3v) is 23.0. The monoisotopic (exact) mass is 644 g/mol. The maximum atomic E-state index is 2.45. The van der Waals surface area contributed by atoms with E-state index in [1.54, 1.807) is 6.54 Å². The van der Waals surface area contributed by atoms with Gasteiger partial charge in [-0.2, -0.15) is 0 Å². The van der Waals surface area contributed by atoms with Crippen LogP contribution in [0.4, 0.5) is 0 Å². The van der Waals surface area contributed by atoms with Gasteiger partial charge >= 0.3 is 236 Å². The van der Waals surface area contributed by atoms with Gasteiger partial charge in [-0.1, -0.05) is 0 Å². The van der Waals surface area contributed by atoms with Crippen LogP contribution in [0.5, 0.6) is 0 Å². The van der Waals surface area contributed by atoms with Crippen molar-refractivity contribution in [3.8, 4) is 22.3 Å². The summed E-state index contributed by atoms with van der Waals surface area (Å²) in [7, 11) is 0. The second-order valence-electron chi connectivity index (χ2n) is 10.8. The number of fused-ring (bicyclic) bond motifs is 6. The Labute approximate surface area is 259 Å². The zero-order chi connectivity index (χ0) is 25.8. The van der Waals surface area contributed by atoms with Crippen LogP contribution in [0.3, 0.4) is 0 Å². The molecule has 3 heteroatoms. The summed E-state index contributed by atoms with van der Waals surface area (Å²) < 4.78 is 3.82. The summed E-state index contributed by atoms with van der Waals surface area (Å²) in [5.41, 5.74) is 11.6. The first-order valence-corrected chi connectivity index (χ1v) is 19.2. The Bertz CT molecular complexity index is 1600. The molecule has 0 N–H and O–H groups in total. The van der Waals surface area contributed by atoms with Crippen molar-refractivity contribution in [3.05, 3.63) is 180 Å². The fourth-order valence-corrected chi connectivity index (χ4v) is 23.6. The van der Waals surface area contributed by atoms with E-state index in [2.05, 4.69) is 158 Å². The van der Waals surface area contributed by atoms with E-state index in [9.17, 15) is 0 Å². The van der Waals surface area contributed by atoms with Crippen LogP contribution in [0.2, 0.25) is 0 Å². The number of rotatable bonds is 4. The third-order valence-electron chi connectivity index (χ3n) is 9.08.